The number of thiophene rings is 1. The van der Waals surface area contributed by atoms with E-state index in [0.29, 0.717) is 24.2 Å². The lowest BCUT2D eigenvalue weighted by atomic mass is 9.99. The lowest BCUT2D eigenvalue weighted by Gasteiger charge is -2.11. The van der Waals surface area contributed by atoms with Crippen LogP contribution < -0.4 is 5.63 Å². The smallest absolute Gasteiger partial charge is 0.351 e. The second-order valence-electron chi connectivity index (χ2n) is 9.14. The van der Waals surface area contributed by atoms with Crippen LogP contribution in [0.3, 0.4) is 0 Å². The van der Waals surface area contributed by atoms with Gasteiger partial charge in [0.1, 0.15) is 17.1 Å². The predicted octanol–water partition coefficient (Wildman–Crippen LogP) is 7.13. The van der Waals surface area contributed by atoms with Gasteiger partial charge in [0.05, 0.1) is 13.5 Å². The van der Waals surface area contributed by atoms with E-state index in [9.17, 15) is 19.5 Å². The van der Waals surface area contributed by atoms with Crippen molar-refractivity contribution < 1.29 is 23.8 Å². The monoisotopic (exact) mass is 514 g/mol. The SMILES string of the molecule is CCCCCCc1csc(C=C(C)C(=O)c2c(O)cc(C(C)CC/C=C/CC(=O)OC)oc2=O)c1C. The summed E-state index contributed by atoms with van der Waals surface area (Å²) in [5.41, 5.74) is 1.65. The van der Waals surface area contributed by atoms with Crippen molar-refractivity contribution >= 4 is 29.2 Å². The van der Waals surface area contributed by atoms with Crippen molar-refractivity contribution in [3.05, 3.63) is 66.9 Å². The number of allylic oxidation sites excluding steroid dienone is 2. The van der Waals surface area contributed by atoms with E-state index in [1.165, 1.54) is 38.0 Å². The van der Waals surface area contributed by atoms with Gasteiger partial charge in [-0.15, -0.1) is 11.3 Å². The van der Waals surface area contributed by atoms with Crippen LogP contribution in [0, 0.1) is 6.92 Å². The maximum absolute atomic E-state index is 13.0. The number of esters is 1. The Labute approximate surface area is 217 Å². The molecular weight excluding hydrogens is 476 g/mol. The zero-order valence-corrected chi connectivity index (χ0v) is 22.8. The molecule has 0 saturated carbocycles. The molecule has 0 spiro atoms. The van der Waals surface area contributed by atoms with E-state index >= 15 is 0 Å². The minimum absolute atomic E-state index is 0.156. The minimum Gasteiger partial charge on any atom is -0.507 e. The Morgan fingerprint density at radius 2 is 1.97 bits per heavy atom. The molecule has 0 fully saturated rings. The normalized spacial score (nSPS) is 12.8. The fraction of sp³-hybridized carbons (Fsp3) is 0.483. The van der Waals surface area contributed by atoms with Gasteiger partial charge in [-0.2, -0.15) is 0 Å². The molecule has 0 aromatic carbocycles. The first-order valence-corrected chi connectivity index (χ1v) is 13.5. The number of methoxy groups -OCH3 is 1. The Bertz CT molecular complexity index is 1150. The van der Waals surface area contributed by atoms with Gasteiger partial charge >= 0.3 is 11.6 Å². The summed E-state index contributed by atoms with van der Waals surface area (Å²) in [5, 5.41) is 12.7. The zero-order chi connectivity index (χ0) is 26.7. The molecule has 7 heteroatoms. The Balaban J connectivity index is 2.10. The van der Waals surface area contributed by atoms with E-state index in [1.54, 1.807) is 30.4 Å². The highest BCUT2D eigenvalue weighted by atomic mass is 32.1. The summed E-state index contributed by atoms with van der Waals surface area (Å²) in [7, 11) is 1.34. The molecule has 0 aliphatic heterocycles. The zero-order valence-electron chi connectivity index (χ0n) is 22.0. The summed E-state index contributed by atoms with van der Waals surface area (Å²) in [6, 6.07) is 1.36. The van der Waals surface area contributed by atoms with Crippen molar-refractivity contribution in [1.29, 1.82) is 0 Å². The summed E-state index contributed by atoms with van der Waals surface area (Å²) in [4.78, 5) is 37.8. The van der Waals surface area contributed by atoms with Crippen molar-refractivity contribution in [2.45, 2.75) is 85.0 Å². The molecule has 1 unspecified atom stereocenters. The molecule has 0 bridgehead atoms. The third kappa shape index (κ3) is 8.33. The number of Topliss-reactive ketones (excluding diaryl/α,β-unsaturated/α-hetero) is 1. The van der Waals surface area contributed by atoms with Crippen molar-refractivity contribution in [2.24, 2.45) is 0 Å². The lowest BCUT2D eigenvalue weighted by Crippen LogP contribution is -2.16. The van der Waals surface area contributed by atoms with E-state index in [2.05, 4.69) is 24.0 Å². The molecule has 36 heavy (non-hydrogen) atoms. The standard InChI is InChI=1S/C29H38O6S/c1-6-7-8-11-14-22-18-36-25(21(22)4)16-20(3)28(32)27-23(30)17-24(35-29(27)33)19(2)13-10-9-12-15-26(31)34-5/h9,12,16-19,30H,6-8,10-11,13-15H2,1-5H3/b12-9+,20-16?. The van der Waals surface area contributed by atoms with Gasteiger partial charge in [0.2, 0.25) is 0 Å². The van der Waals surface area contributed by atoms with E-state index in [4.69, 9.17) is 4.42 Å². The van der Waals surface area contributed by atoms with E-state index < -0.39 is 11.4 Å². The molecule has 2 aromatic rings. The second-order valence-corrected chi connectivity index (χ2v) is 10.1. The number of carbonyl (C=O) groups excluding carboxylic acids is 2. The number of aromatic hydroxyl groups is 1. The summed E-state index contributed by atoms with van der Waals surface area (Å²) < 4.78 is 10.0. The van der Waals surface area contributed by atoms with Gasteiger partial charge in [0, 0.05) is 16.9 Å². The van der Waals surface area contributed by atoms with Gasteiger partial charge in [-0.3, -0.25) is 9.59 Å². The van der Waals surface area contributed by atoms with E-state index in [0.717, 1.165) is 23.3 Å². The number of ether oxygens (including phenoxy) is 1. The average Bonchev–Trinajstić information content (AvgIpc) is 3.19. The van der Waals surface area contributed by atoms with Gasteiger partial charge in [-0.25, -0.2) is 4.79 Å². The molecule has 6 nitrogen and oxygen atoms in total. The Morgan fingerprint density at radius 1 is 1.22 bits per heavy atom. The summed E-state index contributed by atoms with van der Waals surface area (Å²) >= 11 is 1.59. The van der Waals surface area contributed by atoms with Crippen LogP contribution >= 0.6 is 11.3 Å². The summed E-state index contributed by atoms with van der Waals surface area (Å²) in [6.45, 7) is 7.78. The number of unbranched alkanes of at least 4 members (excludes halogenated alkanes) is 3. The Morgan fingerprint density at radius 3 is 2.64 bits per heavy atom. The maximum atomic E-state index is 13.0. The number of aryl methyl sites for hydroxylation is 1. The lowest BCUT2D eigenvalue weighted by molar-refractivity contribution is -0.139. The molecule has 1 N–H and O–H groups in total. The van der Waals surface area contributed by atoms with Gasteiger partial charge in [0.15, 0.2) is 5.78 Å². The van der Waals surface area contributed by atoms with Gasteiger partial charge in [-0.05, 0) is 67.7 Å². The average molecular weight is 515 g/mol. The first-order valence-electron chi connectivity index (χ1n) is 12.6. The molecule has 1 atom stereocenters. The summed E-state index contributed by atoms with van der Waals surface area (Å²) in [5.74, 6) is -1.05. The van der Waals surface area contributed by atoms with Crippen LogP contribution in [0.2, 0.25) is 0 Å². The third-order valence-corrected chi connectivity index (χ3v) is 7.37. The first kappa shape index (κ1) is 29.3. The van der Waals surface area contributed by atoms with Crippen LogP contribution in [0.15, 0.2) is 38.4 Å². The van der Waals surface area contributed by atoms with Crippen molar-refractivity contribution in [1.82, 2.24) is 0 Å². The number of ketones is 1. The molecule has 196 valence electrons. The fourth-order valence-corrected chi connectivity index (χ4v) is 5.00. The van der Waals surface area contributed by atoms with Gasteiger partial charge in [-0.1, -0.05) is 45.3 Å². The highest BCUT2D eigenvalue weighted by Crippen LogP contribution is 2.29. The van der Waals surface area contributed by atoms with Crippen LogP contribution in [0.4, 0.5) is 0 Å². The van der Waals surface area contributed by atoms with Crippen molar-refractivity contribution in [2.75, 3.05) is 7.11 Å². The quantitative estimate of drug-likeness (QED) is 0.0948. The number of carbonyl (C=O) groups is 2. The molecular formula is C29H38O6S. The number of rotatable bonds is 14. The van der Waals surface area contributed by atoms with Crippen LogP contribution in [-0.2, 0) is 16.0 Å². The number of hydrogen-bond donors (Lipinski definition) is 1. The van der Waals surface area contributed by atoms with Crippen molar-refractivity contribution in [3.63, 3.8) is 0 Å². The van der Waals surface area contributed by atoms with Crippen LogP contribution in [-0.4, -0.2) is 24.0 Å². The number of hydrogen-bond acceptors (Lipinski definition) is 7. The predicted molar refractivity (Wildman–Crippen MR) is 145 cm³/mol. The Hall–Kier alpha value is -2.93. The molecule has 2 aromatic heterocycles. The molecule has 0 radical (unpaired) electrons. The van der Waals surface area contributed by atoms with Crippen molar-refractivity contribution in [3.8, 4) is 5.75 Å². The molecule has 0 amide bonds. The van der Waals surface area contributed by atoms with Crippen LogP contribution in [0.1, 0.15) is 104 Å². The first-order chi connectivity index (χ1) is 17.2. The van der Waals surface area contributed by atoms with E-state index in [1.807, 2.05) is 13.0 Å². The van der Waals surface area contributed by atoms with Gasteiger partial charge in [0.25, 0.3) is 0 Å². The second kappa shape index (κ2) is 14.6. The largest absolute Gasteiger partial charge is 0.507 e. The molecule has 0 aliphatic rings. The minimum atomic E-state index is -0.838. The molecule has 2 heterocycles. The van der Waals surface area contributed by atoms with Crippen LogP contribution in [0.5, 0.6) is 5.75 Å². The molecule has 2 rings (SSSR count). The highest BCUT2D eigenvalue weighted by molar-refractivity contribution is 7.11. The summed E-state index contributed by atoms with van der Waals surface area (Å²) in [6.07, 6.45) is 12.7. The molecule has 0 aliphatic carbocycles. The maximum Gasteiger partial charge on any atom is 0.351 e. The van der Waals surface area contributed by atoms with E-state index in [-0.39, 0.29) is 29.6 Å². The highest BCUT2D eigenvalue weighted by Gasteiger charge is 2.22. The Kier molecular flexibility index (Phi) is 11.9. The topological polar surface area (TPSA) is 93.8 Å². The van der Waals surface area contributed by atoms with Crippen LogP contribution in [0.25, 0.3) is 6.08 Å². The third-order valence-electron chi connectivity index (χ3n) is 6.29. The molecule has 0 saturated heterocycles. The fourth-order valence-electron chi connectivity index (χ4n) is 3.88. The van der Waals surface area contributed by atoms with Gasteiger partial charge < -0.3 is 14.3 Å².